The summed E-state index contributed by atoms with van der Waals surface area (Å²) in [6, 6.07) is 25.9. The molecule has 4 rings (SSSR count). The Kier molecular flexibility index (Phi) is 6.41. The zero-order valence-electron chi connectivity index (χ0n) is 17.2. The lowest BCUT2D eigenvalue weighted by Crippen LogP contribution is -2.36. The van der Waals surface area contributed by atoms with Crippen LogP contribution in [0.5, 0.6) is 0 Å². The first-order chi connectivity index (χ1) is 15.1. The minimum Gasteiger partial charge on any atom is -0.349 e. The first-order valence-electron chi connectivity index (χ1n) is 10.5. The molecule has 0 radical (unpaired) electrons. The van der Waals surface area contributed by atoms with Crippen LogP contribution >= 0.6 is 0 Å². The number of benzene rings is 3. The fourth-order valence-electron chi connectivity index (χ4n) is 3.99. The molecule has 0 saturated carbocycles. The van der Waals surface area contributed by atoms with E-state index in [4.69, 9.17) is 0 Å². The molecule has 158 valence electrons. The van der Waals surface area contributed by atoms with Crippen LogP contribution in [-0.4, -0.2) is 23.3 Å². The van der Waals surface area contributed by atoms with Crippen LogP contribution in [0.1, 0.15) is 29.2 Å². The molecule has 2 amide bonds. The number of carbonyl (C=O) groups is 2. The predicted molar refractivity (Wildman–Crippen MR) is 117 cm³/mol. The van der Waals surface area contributed by atoms with Crippen molar-refractivity contribution in [3.05, 3.63) is 107 Å². The Morgan fingerprint density at radius 1 is 0.935 bits per heavy atom. The Bertz CT molecular complexity index is 1020. The smallest absolute Gasteiger partial charge is 0.225 e. The van der Waals surface area contributed by atoms with Gasteiger partial charge in [0.05, 0.1) is 12.0 Å². The van der Waals surface area contributed by atoms with Gasteiger partial charge in [0.1, 0.15) is 5.82 Å². The van der Waals surface area contributed by atoms with Crippen LogP contribution in [0, 0.1) is 11.7 Å². The van der Waals surface area contributed by atoms with Crippen molar-refractivity contribution in [1.82, 2.24) is 10.2 Å². The van der Waals surface area contributed by atoms with E-state index in [2.05, 4.69) is 5.32 Å². The van der Waals surface area contributed by atoms with Crippen molar-refractivity contribution >= 4 is 11.8 Å². The molecule has 1 aliphatic rings. The molecule has 4 nitrogen and oxygen atoms in total. The fourth-order valence-corrected chi connectivity index (χ4v) is 3.99. The molecular formula is C26H25FN2O2. The van der Waals surface area contributed by atoms with Crippen LogP contribution in [0.3, 0.4) is 0 Å². The van der Waals surface area contributed by atoms with Gasteiger partial charge in [-0.1, -0.05) is 72.8 Å². The highest BCUT2D eigenvalue weighted by molar-refractivity contribution is 5.89. The van der Waals surface area contributed by atoms with Crippen molar-refractivity contribution < 1.29 is 14.0 Å². The second-order valence-corrected chi connectivity index (χ2v) is 7.96. The number of halogens is 1. The van der Waals surface area contributed by atoms with Crippen molar-refractivity contribution in [1.29, 1.82) is 0 Å². The number of nitrogens with zero attached hydrogens (tertiary/aromatic N) is 1. The Hall–Kier alpha value is -3.47. The Balaban J connectivity index is 1.43. The second kappa shape index (κ2) is 9.56. The maximum absolute atomic E-state index is 13.1. The highest BCUT2D eigenvalue weighted by Gasteiger charge is 2.35. The quantitative estimate of drug-likeness (QED) is 0.625. The Morgan fingerprint density at radius 2 is 1.58 bits per heavy atom. The van der Waals surface area contributed by atoms with Gasteiger partial charge >= 0.3 is 0 Å². The van der Waals surface area contributed by atoms with Gasteiger partial charge in [0.15, 0.2) is 0 Å². The Labute approximate surface area is 181 Å². The summed E-state index contributed by atoms with van der Waals surface area (Å²) in [6.45, 7) is 0.754. The van der Waals surface area contributed by atoms with Crippen LogP contribution in [0.25, 0.3) is 0 Å². The molecule has 0 aliphatic carbocycles. The van der Waals surface area contributed by atoms with Crippen LogP contribution in [0.2, 0.25) is 0 Å². The summed E-state index contributed by atoms with van der Waals surface area (Å²) in [4.78, 5) is 27.2. The molecular weight excluding hydrogens is 391 g/mol. The summed E-state index contributed by atoms with van der Waals surface area (Å²) >= 11 is 0. The number of hydrogen-bond donors (Lipinski definition) is 1. The summed E-state index contributed by atoms with van der Waals surface area (Å²) in [6.07, 6.45) is 0.871. The van der Waals surface area contributed by atoms with E-state index in [0.29, 0.717) is 19.5 Å². The van der Waals surface area contributed by atoms with Crippen molar-refractivity contribution in [3.63, 3.8) is 0 Å². The standard InChI is InChI=1S/C26H25FN2O2/c27-23-13-11-20(12-14-23)17-29-18-22(16-25(29)30)26(31)28-24(21-9-5-2-6-10-21)15-19-7-3-1-4-8-19/h1-14,22,24H,15-18H2,(H,28,31)/t22-,24-/m1/s1. The van der Waals surface area contributed by atoms with Gasteiger partial charge in [-0.15, -0.1) is 0 Å². The third-order valence-electron chi connectivity index (χ3n) is 5.67. The minimum absolute atomic E-state index is 0.0520. The molecule has 0 unspecified atom stereocenters. The van der Waals surface area contributed by atoms with Gasteiger partial charge in [-0.25, -0.2) is 4.39 Å². The lowest BCUT2D eigenvalue weighted by Gasteiger charge is -2.22. The maximum atomic E-state index is 13.1. The van der Waals surface area contributed by atoms with Crippen molar-refractivity contribution in [3.8, 4) is 0 Å². The summed E-state index contributed by atoms with van der Waals surface area (Å²) in [5, 5.41) is 3.17. The molecule has 1 saturated heterocycles. The molecule has 2 atom stereocenters. The van der Waals surface area contributed by atoms with Gasteiger partial charge in [0.25, 0.3) is 0 Å². The number of likely N-dealkylation sites (tertiary alicyclic amines) is 1. The highest BCUT2D eigenvalue weighted by atomic mass is 19.1. The van der Waals surface area contributed by atoms with E-state index in [1.54, 1.807) is 17.0 Å². The predicted octanol–water partition coefficient (Wildman–Crippen LogP) is 4.27. The fraction of sp³-hybridized carbons (Fsp3) is 0.231. The molecule has 3 aromatic rings. The molecule has 1 N–H and O–H groups in total. The van der Waals surface area contributed by atoms with E-state index < -0.39 is 5.92 Å². The molecule has 1 aliphatic heterocycles. The maximum Gasteiger partial charge on any atom is 0.225 e. The van der Waals surface area contributed by atoms with Crippen LogP contribution in [0.4, 0.5) is 4.39 Å². The number of hydrogen-bond acceptors (Lipinski definition) is 2. The zero-order chi connectivity index (χ0) is 21.6. The molecule has 3 aromatic carbocycles. The third kappa shape index (κ3) is 5.37. The average Bonchev–Trinajstić information content (AvgIpc) is 3.16. The van der Waals surface area contributed by atoms with Crippen LogP contribution in [-0.2, 0) is 22.6 Å². The lowest BCUT2D eigenvalue weighted by molar-refractivity contribution is -0.129. The SMILES string of the molecule is O=C(N[C@H](Cc1ccccc1)c1ccccc1)[C@@H]1CC(=O)N(Cc2ccc(F)cc2)C1. The van der Waals surface area contributed by atoms with Gasteiger partial charge in [0.2, 0.25) is 11.8 Å². The topological polar surface area (TPSA) is 49.4 Å². The first-order valence-corrected chi connectivity index (χ1v) is 10.5. The van der Waals surface area contributed by atoms with E-state index in [-0.39, 0.29) is 30.1 Å². The lowest BCUT2D eigenvalue weighted by atomic mass is 9.97. The van der Waals surface area contributed by atoms with Gasteiger partial charge in [-0.2, -0.15) is 0 Å². The summed E-state index contributed by atoms with van der Waals surface area (Å²) in [5.74, 6) is -0.863. The average molecular weight is 416 g/mol. The van der Waals surface area contributed by atoms with Crippen molar-refractivity contribution in [2.75, 3.05) is 6.54 Å². The number of carbonyl (C=O) groups excluding carboxylic acids is 2. The number of amides is 2. The van der Waals surface area contributed by atoms with E-state index >= 15 is 0 Å². The molecule has 0 spiro atoms. The molecule has 0 aromatic heterocycles. The first kappa shape index (κ1) is 20.8. The monoisotopic (exact) mass is 416 g/mol. The van der Waals surface area contributed by atoms with E-state index in [0.717, 1.165) is 16.7 Å². The summed E-state index contributed by atoms with van der Waals surface area (Å²) in [5.41, 5.74) is 3.02. The van der Waals surface area contributed by atoms with Gasteiger partial charge < -0.3 is 10.2 Å². The molecule has 1 fully saturated rings. The van der Waals surface area contributed by atoms with Gasteiger partial charge in [-0.05, 0) is 35.2 Å². The van der Waals surface area contributed by atoms with E-state index in [1.807, 2.05) is 60.7 Å². The minimum atomic E-state index is -0.394. The van der Waals surface area contributed by atoms with Crippen LogP contribution < -0.4 is 5.32 Å². The van der Waals surface area contributed by atoms with Gasteiger partial charge in [0, 0.05) is 19.5 Å². The zero-order valence-corrected chi connectivity index (χ0v) is 17.2. The molecule has 0 bridgehead atoms. The molecule has 1 heterocycles. The van der Waals surface area contributed by atoms with E-state index in [1.165, 1.54) is 12.1 Å². The van der Waals surface area contributed by atoms with Crippen LogP contribution in [0.15, 0.2) is 84.9 Å². The normalized spacial score (nSPS) is 16.9. The third-order valence-corrected chi connectivity index (χ3v) is 5.67. The molecule has 5 heteroatoms. The number of nitrogens with one attached hydrogen (secondary N) is 1. The Morgan fingerprint density at radius 3 is 2.26 bits per heavy atom. The van der Waals surface area contributed by atoms with E-state index in [9.17, 15) is 14.0 Å². The van der Waals surface area contributed by atoms with Gasteiger partial charge in [-0.3, -0.25) is 9.59 Å². The highest BCUT2D eigenvalue weighted by Crippen LogP contribution is 2.24. The second-order valence-electron chi connectivity index (χ2n) is 7.96. The van der Waals surface area contributed by atoms with Crippen molar-refractivity contribution in [2.45, 2.75) is 25.4 Å². The largest absolute Gasteiger partial charge is 0.349 e. The summed E-state index contributed by atoms with van der Waals surface area (Å²) in [7, 11) is 0. The number of rotatable bonds is 7. The van der Waals surface area contributed by atoms with Crippen molar-refractivity contribution in [2.24, 2.45) is 5.92 Å². The summed E-state index contributed by atoms with van der Waals surface area (Å²) < 4.78 is 13.1. The molecule has 31 heavy (non-hydrogen) atoms.